The zero-order valence-electron chi connectivity index (χ0n) is 19.1. The summed E-state index contributed by atoms with van der Waals surface area (Å²) >= 11 is 0. The van der Waals surface area contributed by atoms with Crippen molar-refractivity contribution < 1.29 is 19.0 Å². The third-order valence-electron chi connectivity index (χ3n) is 5.52. The number of carbonyl (C=O) groups excluding carboxylic acids is 1. The monoisotopic (exact) mass is 451 g/mol. The number of nitrogens with zero attached hydrogens (tertiary/aromatic N) is 3. The van der Waals surface area contributed by atoms with Gasteiger partial charge in [0.05, 0.1) is 11.7 Å². The average molecular weight is 452 g/mol. The van der Waals surface area contributed by atoms with Crippen molar-refractivity contribution in [3.63, 3.8) is 0 Å². The summed E-state index contributed by atoms with van der Waals surface area (Å²) in [6, 6.07) is 12.3. The Labute approximate surface area is 192 Å². The first-order chi connectivity index (χ1) is 15.9. The van der Waals surface area contributed by atoms with E-state index < -0.39 is 5.72 Å². The largest absolute Gasteiger partial charge is 0.491 e. The number of ketones is 1. The minimum Gasteiger partial charge on any atom is -0.491 e. The number of fused-ring (bicyclic) bond motifs is 1. The van der Waals surface area contributed by atoms with Crippen LogP contribution in [0.2, 0.25) is 0 Å². The number of para-hydroxylation sites is 1. The smallest absolute Gasteiger partial charge is 0.257 e. The van der Waals surface area contributed by atoms with Crippen LogP contribution in [-0.4, -0.2) is 39.1 Å². The maximum absolute atomic E-state index is 13.3. The molecule has 3 aromatic rings. The topological polar surface area (TPSA) is 125 Å². The highest BCUT2D eigenvalue weighted by Crippen LogP contribution is 2.40. The molecular weight excluding hydrogens is 422 g/mol. The molecule has 2 atom stereocenters. The highest BCUT2D eigenvalue weighted by Gasteiger charge is 2.41. The van der Waals surface area contributed by atoms with Crippen molar-refractivity contribution >= 4 is 5.78 Å². The molecule has 33 heavy (non-hydrogen) atoms. The maximum Gasteiger partial charge on any atom is 0.257 e. The van der Waals surface area contributed by atoms with Gasteiger partial charge < -0.3 is 14.2 Å². The Hall–Kier alpha value is -3.46. The molecule has 0 saturated carbocycles. The standard InChI is InChI=1S/C24H29N5O4/c1-15(2)6-4-7-16(3)32-18-12-10-17(11-13-18)21(30)19-8-5-9-20-22(19)33-24(25,14-31-20)23-26-28-29-27-23/h5,8-13,15-16H,4,6-7,14,25H2,1-3H3,(H,26,27,28,29). The van der Waals surface area contributed by atoms with Crippen LogP contribution in [-0.2, 0) is 5.72 Å². The summed E-state index contributed by atoms with van der Waals surface area (Å²) in [5.41, 5.74) is 5.68. The number of hydrogen-bond donors (Lipinski definition) is 2. The summed E-state index contributed by atoms with van der Waals surface area (Å²) in [6.07, 6.45) is 3.42. The zero-order valence-corrected chi connectivity index (χ0v) is 19.1. The van der Waals surface area contributed by atoms with Crippen molar-refractivity contribution in [1.82, 2.24) is 20.6 Å². The molecule has 0 aliphatic carbocycles. The molecule has 1 aliphatic rings. The first kappa shape index (κ1) is 22.7. The molecule has 0 saturated heterocycles. The average Bonchev–Trinajstić information content (AvgIpc) is 3.34. The van der Waals surface area contributed by atoms with Crippen molar-refractivity contribution in [2.45, 2.75) is 51.9 Å². The normalized spacial score (nSPS) is 18.2. The summed E-state index contributed by atoms with van der Waals surface area (Å²) in [6.45, 7) is 6.50. The molecular formula is C24H29N5O4. The molecule has 0 radical (unpaired) electrons. The molecule has 0 spiro atoms. The number of rotatable bonds is 9. The minimum absolute atomic E-state index is 0.0153. The van der Waals surface area contributed by atoms with Crippen molar-refractivity contribution in [2.75, 3.05) is 6.61 Å². The lowest BCUT2D eigenvalue weighted by Gasteiger charge is -2.33. The van der Waals surface area contributed by atoms with Gasteiger partial charge in [0, 0.05) is 5.56 Å². The van der Waals surface area contributed by atoms with E-state index in [9.17, 15) is 4.79 Å². The molecule has 0 bridgehead atoms. The number of carbonyl (C=O) groups is 1. The fourth-order valence-electron chi connectivity index (χ4n) is 3.71. The van der Waals surface area contributed by atoms with Gasteiger partial charge in [0.25, 0.3) is 5.72 Å². The second kappa shape index (κ2) is 9.58. The van der Waals surface area contributed by atoms with Crippen LogP contribution in [0.1, 0.15) is 61.8 Å². The highest BCUT2D eigenvalue weighted by atomic mass is 16.6. The maximum atomic E-state index is 13.3. The van der Waals surface area contributed by atoms with E-state index in [2.05, 4.69) is 41.4 Å². The summed E-state index contributed by atoms with van der Waals surface area (Å²) in [5, 5.41) is 13.7. The zero-order chi connectivity index (χ0) is 23.4. The van der Waals surface area contributed by atoms with E-state index in [1.807, 2.05) is 12.1 Å². The number of hydrogen-bond acceptors (Lipinski definition) is 8. The number of tetrazole rings is 1. The lowest BCUT2D eigenvalue weighted by atomic mass is 10.0. The third kappa shape index (κ3) is 5.14. The SMILES string of the molecule is CC(C)CCCC(C)Oc1ccc(C(=O)c2cccc3c2OC(N)(c2nn[nH]n2)CO3)cc1. The van der Waals surface area contributed by atoms with E-state index >= 15 is 0 Å². The van der Waals surface area contributed by atoms with Crippen molar-refractivity contribution in [2.24, 2.45) is 11.7 Å². The van der Waals surface area contributed by atoms with E-state index in [-0.39, 0.29) is 30.1 Å². The second-order valence-electron chi connectivity index (χ2n) is 8.76. The van der Waals surface area contributed by atoms with Crippen LogP contribution in [0.4, 0.5) is 0 Å². The highest BCUT2D eigenvalue weighted by molar-refractivity contribution is 6.11. The number of nitrogens with one attached hydrogen (secondary N) is 1. The van der Waals surface area contributed by atoms with Crippen LogP contribution in [0.3, 0.4) is 0 Å². The van der Waals surface area contributed by atoms with Gasteiger partial charge in [-0.1, -0.05) is 26.3 Å². The number of ether oxygens (including phenoxy) is 3. The molecule has 174 valence electrons. The molecule has 4 rings (SSSR count). The number of benzene rings is 2. The van der Waals surface area contributed by atoms with Gasteiger partial charge in [-0.25, -0.2) is 0 Å². The van der Waals surface area contributed by atoms with Crippen LogP contribution < -0.4 is 19.9 Å². The molecule has 1 aromatic heterocycles. The van der Waals surface area contributed by atoms with Gasteiger partial charge in [-0.15, -0.1) is 10.2 Å². The Balaban J connectivity index is 1.48. The molecule has 9 heteroatoms. The van der Waals surface area contributed by atoms with Crippen LogP contribution in [0, 0.1) is 5.92 Å². The first-order valence-electron chi connectivity index (χ1n) is 11.1. The molecule has 2 aromatic carbocycles. The van der Waals surface area contributed by atoms with Gasteiger partial charge in [-0.3, -0.25) is 10.5 Å². The van der Waals surface area contributed by atoms with Gasteiger partial charge in [-0.2, -0.15) is 5.21 Å². The van der Waals surface area contributed by atoms with Crippen LogP contribution in [0.15, 0.2) is 42.5 Å². The molecule has 0 amide bonds. The Kier molecular flexibility index (Phi) is 6.60. The molecule has 2 unspecified atom stereocenters. The second-order valence-corrected chi connectivity index (χ2v) is 8.76. The summed E-state index contributed by atoms with van der Waals surface area (Å²) in [5.74, 6) is 2.03. The van der Waals surface area contributed by atoms with Crippen molar-refractivity contribution in [3.8, 4) is 17.2 Å². The first-order valence-corrected chi connectivity index (χ1v) is 11.1. The number of nitrogens with two attached hydrogens (primary N) is 1. The predicted octanol–water partition coefficient (Wildman–Crippen LogP) is 3.61. The van der Waals surface area contributed by atoms with Gasteiger partial charge in [0.1, 0.15) is 12.4 Å². The fraction of sp³-hybridized carbons (Fsp3) is 0.417. The molecule has 2 heterocycles. The van der Waals surface area contributed by atoms with Gasteiger partial charge in [0.2, 0.25) is 5.82 Å². The Bertz CT molecular complexity index is 1080. The van der Waals surface area contributed by atoms with E-state index in [1.165, 1.54) is 6.42 Å². The van der Waals surface area contributed by atoms with Gasteiger partial charge >= 0.3 is 0 Å². The molecule has 0 fully saturated rings. The number of H-pyrrole nitrogens is 1. The van der Waals surface area contributed by atoms with E-state index in [1.54, 1.807) is 30.3 Å². The van der Waals surface area contributed by atoms with Gasteiger partial charge in [-0.05, 0) is 67.3 Å². The molecule has 9 nitrogen and oxygen atoms in total. The predicted molar refractivity (Wildman–Crippen MR) is 121 cm³/mol. The van der Waals surface area contributed by atoms with Crippen LogP contribution in [0.5, 0.6) is 17.2 Å². The fourth-order valence-corrected chi connectivity index (χ4v) is 3.71. The molecule has 3 N–H and O–H groups in total. The number of aromatic nitrogens is 4. The van der Waals surface area contributed by atoms with Crippen molar-refractivity contribution in [1.29, 1.82) is 0 Å². The van der Waals surface area contributed by atoms with Gasteiger partial charge in [0.15, 0.2) is 17.3 Å². The summed E-state index contributed by atoms with van der Waals surface area (Å²) in [7, 11) is 0. The third-order valence-corrected chi connectivity index (χ3v) is 5.52. The lowest BCUT2D eigenvalue weighted by Crippen LogP contribution is -2.51. The Morgan fingerprint density at radius 1 is 1.18 bits per heavy atom. The quantitative estimate of drug-likeness (QED) is 0.473. The van der Waals surface area contributed by atoms with E-state index in [4.69, 9.17) is 19.9 Å². The number of aromatic amines is 1. The minimum atomic E-state index is -1.46. The van der Waals surface area contributed by atoms with E-state index in [0.29, 0.717) is 22.8 Å². The molecule has 1 aliphatic heterocycles. The summed E-state index contributed by atoms with van der Waals surface area (Å²) < 4.78 is 17.7. The Morgan fingerprint density at radius 2 is 1.97 bits per heavy atom. The van der Waals surface area contributed by atoms with Crippen LogP contribution in [0.25, 0.3) is 0 Å². The van der Waals surface area contributed by atoms with Crippen molar-refractivity contribution in [3.05, 3.63) is 59.4 Å². The lowest BCUT2D eigenvalue weighted by molar-refractivity contribution is -0.0154. The summed E-state index contributed by atoms with van der Waals surface area (Å²) in [4.78, 5) is 13.3. The Morgan fingerprint density at radius 3 is 2.67 bits per heavy atom. The van der Waals surface area contributed by atoms with E-state index in [0.717, 1.165) is 18.6 Å². The van der Waals surface area contributed by atoms with Crippen LogP contribution >= 0.6 is 0 Å².